The number of benzene rings is 1. The second kappa shape index (κ2) is 7.75. The van der Waals surface area contributed by atoms with Gasteiger partial charge in [0.25, 0.3) is 0 Å². The van der Waals surface area contributed by atoms with Crippen molar-refractivity contribution in [2.75, 3.05) is 13.1 Å². The molecule has 3 rings (SSSR count). The molecular formula is C18H18F6N2O3. The quantitative estimate of drug-likeness (QED) is 0.673. The largest absolute Gasteiger partial charge is 0.573 e. The molecule has 1 aromatic rings. The number of amides is 1. The molecule has 2 heterocycles. The number of hydrogen-bond donors (Lipinski definition) is 0. The van der Waals surface area contributed by atoms with Gasteiger partial charge in [-0.25, -0.2) is 0 Å². The Bertz CT molecular complexity index is 765. The van der Waals surface area contributed by atoms with Crippen LogP contribution >= 0.6 is 0 Å². The van der Waals surface area contributed by atoms with Crippen LogP contribution in [-0.2, 0) is 9.63 Å². The van der Waals surface area contributed by atoms with Crippen molar-refractivity contribution in [1.29, 1.82) is 0 Å². The fourth-order valence-corrected chi connectivity index (χ4v) is 3.36. The Hall–Kier alpha value is -2.46. The molecule has 2 aliphatic heterocycles. The van der Waals surface area contributed by atoms with Crippen molar-refractivity contribution >= 4 is 11.6 Å². The third-order valence-corrected chi connectivity index (χ3v) is 4.91. The van der Waals surface area contributed by atoms with Gasteiger partial charge in [-0.15, -0.1) is 13.2 Å². The molecule has 0 aromatic heterocycles. The maximum Gasteiger partial charge on any atom is 0.573 e. The van der Waals surface area contributed by atoms with E-state index < -0.39 is 36.9 Å². The molecule has 1 fully saturated rings. The molecule has 1 amide bonds. The van der Waals surface area contributed by atoms with E-state index in [4.69, 9.17) is 4.84 Å². The molecule has 1 saturated heterocycles. The predicted octanol–water partition coefficient (Wildman–Crippen LogP) is 4.41. The van der Waals surface area contributed by atoms with E-state index in [2.05, 4.69) is 9.89 Å². The van der Waals surface area contributed by atoms with E-state index in [1.54, 1.807) is 0 Å². The van der Waals surface area contributed by atoms with Crippen molar-refractivity contribution < 1.29 is 40.7 Å². The highest BCUT2D eigenvalue weighted by molar-refractivity contribution is 6.01. The second-order valence-corrected chi connectivity index (χ2v) is 7.06. The molecule has 0 radical (unpaired) electrons. The predicted molar refractivity (Wildman–Crippen MR) is 89.2 cm³/mol. The van der Waals surface area contributed by atoms with Crippen LogP contribution in [-0.4, -0.2) is 47.7 Å². The second-order valence-electron chi connectivity index (χ2n) is 7.06. The van der Waals surface area contributed by atoms with Gasteiger partial charge in [-0.3, -0.25) is 4.79 Å². The van der Waals surface area contributed by atoms with Gasteiger partial charge in [-0.05, 0) is 29.8 Å². The Morgan fingerprint density at radius 1 is 1.10 bits per heavy atom. The van der Waals surface area contributed by atoms with Gasteiger partial charge in [0.2, 0.25) is 5.91 Å². The number of rotatable bonds is 4. The first-order valence-electron chi connectivity index (χ1n) is 8.91. The SMILES string of the molecule is O=C(CCC(F)(F)F)N1CCC2(CC1)CC(c1ccc(OC(F)(F)F)cc1)=NO2. The summed E-state index contributed by atoms with van der Waals surface area (Å²) in [5, 5.41) is 4.03. The molecule has 29 heavy (non-hydrogen) atoms. The summed E-state index contributed by atoms with van der Waals surface area (Å²) < 4.78 is 77.3. The number of piperidine rings is 1. The van der Waals surface area contributed by atoms with Gasteiger partial charge < -0.3 is 14.5 Å². The monoisotopic (exact) mass is 424 g/mol. The van der Waals surface area contributed by atoms with Gasteiger partial charge >= 0.3 is 12.5 Å². The minimum absolute atomic E-state index is 0.262. The Morgan fingerprint density at radius 2 is 1.72 bits per heavy atom. The lowest BCUT2D eigenvalue weighted by atomic mass is 9.85. The van der Waals surface area contributed by atoms with Gasteiger partial charge in [0, 0.05) is 38.8 Å². The van der Waals surface area contributed by atoms with Crippen LogP contribution in [0.25, 0.3) is 0 Å². The lowest BCUT2D eigenvalue weighted by Gasteiger charge is -2.37. The molecule has 1 aromatic carbocycles. The van der Waals surface area contributed by atoms with Crippen molar-refractivity contribution in [3.8, 4) is 5.75 Å². The Balaban J connectivity index is 1.52. The molecule has 1 spiro atoms. The van der Waals surface area contributed by atoms with E-state index in [-0.39, 0.29) is 18.8 Å². The number of halogens is 6. The highest BCUT2D eigenvalue weighted by Crippen LogP contribution is 2.37. The van der Waals surface area contributed by atoms with Gasteiger partial charge in [-0.1, -0.05) is 5.16 Å². The van der Waals surface area contributed by atoms with E-state index in [0.29, 0.717) is 30.5 Å². The molecule has 5 nitrogen and oxygen atoms in total. The fraction of sp³-hybridized carbons (Fsp3) is 0.556. The Labute approximate surface area is 162 Å². The van der Waals surface area contributed by atoms with Gasteiger partial charge in [0.1, 0.15) is 11.4 Å². The number of carbonyl (C=O) groups is 1. The van der Waals surface area contributed by atoms with Crippen molar-refractivity contribution in [2.45, 2.75) is 50.2 Å². The molecule has 0 atom stereocenters. The summed E-state index contributed by atoms with van der Waals surface area (Å²) in [5.74, 6) is -0.891. The summed E-state index contributed by atoms with van der Waals surface area (Å²) in [6.45, 7) is 0.524. The highest BCUT2D eigenvalue weighted by Gasteiger charge is 2.43. The van der Waals surface area contributed by atoms with Crippen LogP contribution < -0.4 is 4.74 Å². The summed E-state index contributed by atoms with van der Waals surface area (Å²) >= 11 is 0. The molecule has 0 N–H and O–H groups in total. The zero-order valence-corrected chi connectivity index (χ0v) is 15.1. The average molecular weight is 424 g/mol. The van der Waals surface area contributed by atoms with E-state index >= 15 is 0 Å². The third-order valence-electron chi connectivity index (χ3n) is 4.91. The third kappa shape index (κ3) is 5.77. The van der Waals surface area contributed by atoms with Crippen LogP contribution in [0.2, 0.25) is 0 Å². The van der Waals surface area contributed by atoms with Crippen molar-refractivity contribution in [3.05, 3.63) is 29.8 Å². The molecule has 11 heteroatoms. The average Bonchev–Trinajstić information content (AvgIpc) is 3.03. The summed E-state index contributed by atoms with van der Waals surface area (Å²) in [6, 6.07) is 5.24. The minimum Gasteiger partial charge on any atom is -0.406 e. The number of hydrogen-bond acceptors (Lipinski definition) is 4. The first kappa shape index (κ1) is 21.3. The van der Waals surface area contributed by atoms with E-state index in [0.717, 1.165) is 0 Å². The van der Waals surface area contributed by atoms with Gasteiger partial charge in [0.05, 0.1) is 12.1 Å². The van der Waals surface area contributed by atoms with Gasteiger partial charge in [0.15, 0.2) is 0 Å². The number of nitrogens with zero attached hydrogens (tertiary/aromatic N) is 2. The fourth-order valence-electron chi connectivity index (χ4n) is 3.36. The summed E-state index contributed by atoms with van der Waals surface area (Å²) in [4.78, 5) is 18.9. The molecule has 0 bridgehead atoms. The smallest absolute Gasteiger partial charge is 0.406 e. The first-order chi connectivity index (χ1) is 13.4. The first-order valence-corrected chi connectivity index (χ1v) is 8.91. The number of ether oxygens (including phenoxy) is 1. The summed E-state index contributed by atoms with van der Waals surface area (Å²) in [5.41, 5.74) is 0.484. The highest BCUT2D eigenvalue weighted by atomic mass is 19.4. The summed E-state index contributed by atoms with van der Waals surface area (Å²) in [6.07, 6.45) is -9.65. The number of alkyl halides is 6. The normalized spacial score (nSPS) is 19.1. The molecule has 2 aliphatic rings. The summed E-state index contributed by atoms with van der Waals surface area (Å²) in [7, 11) is 0. The Kier molecular flexibility index (Phi) is 5.68. The van der Waals surface area contributed by atoms with E-state index in [1.807, 2.05) is 0 Å². The van der Waals surface area contributed by atoms with Crippen LogP contribution in [0.15, 0.2) is 29.4 Å². The molecule has 0 aliphatic carbocycles. The van der Waals surface area contributed by atoms with Crippen LogP contribution in [0.1, 0.15) is 37.7 Å². The van der Waals surface area contributed by atoms with Crippen molar-refractivity contribution in [1.82, 2.24) is 4.90 Å². The molecular weight excluding hydrogens is 406 g/mol. The van der Waals surface area contributed by atoms with Crippen LogP contribution in [0.3, 0.4) is 0 Å². The van der Waals surface area contributed by atoms with Crippen LogP contribution in [0.5, 0.6) is 5.75 Å². The van der Waals surface area contributed by atoms with Crippen LogP contribution in [0, 0.1) is 0 Å². The van der Waals surface area contributed by atoms with Crippen molar-refractivity contribution in [3.63, 3.8) is 0 Å². The minimum atomic E-state index is -4.77. The molecule has 0 unspecified atom stereocenters. The number of likely N-dealkylation sites (tertiary alicyclic amines) is 1. The number of carbonyl (C=O) groups excluding carboxylic acids is 1. The van der Waals surface area contributed by atoms with E-state index in [9.17, 15) is 31.1 Å². The van der Waals surface area contributed by atoms with E-state index in [1.165, 1.54) is 29.2 Å². The topological polar surface area (TPSA) is 51.1 Å². The van der Waals surface area contributed by atoms with Gasteiger partial charge in [-0.2, -0.15) is 13.2 Å². The molecule has 0 saturated carbocycles. The number of oxime groups is 1. The maximum atomic E-state index is 12.3. The van der Waals surface area contributed by atoms with Crippen molar-refractivity contribution in [2.24, 2.45) is 5.16 Å². The Morgan fingerprint density at radius 3 is 2.28 bits per heavy atom. The van der Waals surface area contributed by atoms with Crippen LogP contribution in [0.4, 0.5) is 26.3 Å². The lowest BCUT2D eigenvalue weighted by Crippen LogP contribution is -2.47. The molecule has 160 valence electrons. The zero-order chi connectivity index (χ0) is 21.3. The lowest BCUT2D eigenvalue weighted by molar-refractivity contribution is -0.274. The maximum absolute atomic E-state index is 12.3. The zero-order valence-electron chi connectivity index (χ0n) is 15.1. The standard InChI is InChI=1S/C18H18F6N2O3/c19-17(20,21)6-5-15(27)26-9-7-16(8-10-26)11-14(25-29-16)12-1-3-13(4-2-12)28-18(22,23)24/h1-4H,5-11H2.